The summed E-state index contributed by atoms with van der Waals surface area (Å²) in [6.07, 6.45) is 2.57. The topological polar surface area (TPSA) is 12.0 Å². The molecule has 0 bridgehead atoms. The molecule has 1 fully saturated rings. The van der Waals surface area contributed by atoms with E-state index < -0.39 is 0 Å². The third-order valence-corrected chi connectivity index (χ3v) is 3.70. The van der Waals surface area contributed by atoms with Crippen molar-refractivity contribution in [1.82, 2.24) is 5.32 Å². The summed E-state index contributed by atoms with van der Waals surface area (Å²) in [4.78, 5) is 1.56. The lowest BCUT2D eigenvalue weighted by Crippen LogP contribution is -2.24. The Bertz CT molecular complexity index is 230. The minimum atomic E-state index is 0.726. The van der Waals surface area contributed by atoms with Crippen molar-refractivity contribution < 1.29 is 0 Å². The second-order valence-corrected chi connectivity index (χ2v) is 4.36. The van der Waals surface area contributed by atoms with E-state index >= 15 is 0 Å². The van der Waals surface area contributed by atoms with Crippen LogP contribution in [0.15, 0.2) is 17.5 Å². The Morgan fingerprint density at radius 2 is 2.58 bits per heavy atom. The lowest BCUT2D eigenvalue weighted by atomic mass is 9.97. The number of nitrogens with one attached hydrogen (secondary N) is 1. The molecule has 1 aromatic rings. The van der Waals surface area contributed by atoms with Crippen LogP contribution < -0.4 is 5.32 Å². The monoisotopic (exact) mass is 181 g/mol. The zero-order valence-corrected chi connectivity index (χ0v) is 8.23. The van der Waals surface area contributed by atoms with Crippen LogP contribution in [0.25, 0.3) is 0 Å². The molecule has 2 heteroatoms. The van der Waals surface area contributed by atoms with Crippen molar-refractivity contribution in [3.63, 3.8) is 0 Å². The zero-order valence-electron chi connectivity index (χ0n) is 7.42. The van der Waals surface area contributed by atoms with E-state index in [9.17, 15) is 0 Å². The van der Waals surface area contributed by atoms with Crippen LogP contribution in [0.2, 0.25) is 0 Å². The highest BCUT2D eigenvalue weighted by molar-refractivity contribution is 7.10. The number of hydrogen-bond donors (Lipinski definition) is 1. The molecule has 0 radical (unpaired) electrons. The van der Waals surface area contributed by atoms with Crippen molar-refractivity contribution in [3.05, 3.63) is 22.4 Å². The Morgan fingerprint density at radius 3 is 3.25 bits per heavy atom. The van der Waals surface area contributed by atoms with Gasteiger partial charge in [-0.05, 0) is 30.8 Å². The van der Waals surface area contributed by atoms with Gasteiger partial charge in [-0.1, -0.05) is 13.0 Å². The summed E-state index contributed by atoms with van der Waals surface area (Å²) in [6.45, 7) is 3.46. The fraction of sp³-hybridized carbons (Fsp3) is 0.600. The summed E-state index contributed by atoms with van der Waals surface area (Å²) < 4.78 is 0. The Kier molecular flexibility index (Phi) is 2.47. The van der Waals surface area contributed by atoms with Gasteiger partial charge in [0.1, 0.15) is 0 Å². The third kappa shape index (κ3) is 1.41. The van der Waals surface area contributed by atoms with Gasteiger partial charge in [-0.3, -0.25) is 0 Å². The van der Waals surface area contributed by atoms with E-state index in [-0.39, 0.29) is 0 Å². The summed E-state index contributed by atoms with van der Waals surface area (Å²) in [7, 11) is 0. The zero-order chi connectivity index (χ0) is 8.39. The molecule has 0 aromatic carbocycles. The van der Waals surface area contributed by atoms with Crippen LogP contribution in [0.5, 0.6) is 0 Å². The van der Waals surface area contributed by atoms with Gasteiger partial charge in [0.2, 0.25) is 0 Å². The fourth-order valence-corrected chi connectivity index (χ4v) is 2.97. The smallest absolute Gasteiger partial charge is 0.0141 e. The summed E-state index contributed by atoms with van der Waals surface area (Å²) in [5.41, 5.74) is 0. The normalized spacial score (nSPS) is 29.4. The maximum atomic E-state index is 3.55. The third-order valence-electron chi connectivity index (χ3n) is 2.70. The van der Waals surface area contributed by atoms with Gasteiger partial charge in [-0.2, -0.15) is 0 Å². The largest absolute Gasteiger partial charge is 0.313 e. The van der Waals surface area contributed by atoms with Gasteiger partial charge in [0, 0.05) is 16.8 Å². The molecule has 2 heterocycles. The molecule has 1 saturated heterocycles. The molecular weight excluding hydrogens is 166 g/mol. The molecule has 0 spiro atoms. The molecule has 12 heavy (non-hydrogen) atoms. The van der Waals surface area contributed by atoms with Crippen molar-refractivity contribution in [3.8, 4) is 0 Å². The van der Waals surface area contributed by atoms with E-state index in [1.54, 1.807) is 4.88 Å². The summed E-state index contributed by atoms with van der Waals surface area (Å²) in [5.74, 6) is 0.787. The van der Waals surface area contributed by atoms with E-state index in [1.807, 2.05) is 11.3 Å². The van der Waals surface area contributed by atoms with Crippen LogP contribution in [0.3, 0.4) is 0 Å². The van der Waals surface area contributed by atoms with Crippen LogP contribution in [0.1, 0.15) is 30.6 Å². The summed E-state index contributed by atoms with van der Waals surface area (Å²) in [6, 6.07) is 5.15. The van der Waals surface area contributed by atoms with Crippen LogP contribution in [0, 0.1) is 0 Å². The predicted octanol–water partition coefficient (Wildman–Crippen LogP) is 2.60. The molecule has 1 N–H and O–H groups in total. The highest BCUT2D eigenvalue weighted by Crippen LogP contribution is 2.31. The van der Waals surface area contributed by atoms with Gasteiger partial charge < -0.3 is 5.32 Å². The standard InChI is InChI=1S/C10H15NS/c1-2-9-8(5-6-11-9)10-4-3-7-12-10/h3-4,7-9,11H,2,5-6H2,1H3. The van der Waals surface area contributed by atoms with Crippen LogP contribution in [0.4, 0.5) is 0 Å². The van der Waals surface area contributed by atoms with Crippen LogP contribution in [-0.4, -0.2) is 12.6 Å². The number of hydrogen-bond acceptors (Lipinski definition) is 2. The molecule has 66 valence electrons. The van der Waals surface area contributed by atoms with Crippen molar-refractivity contribution in [2.75, 3.05) is 6.54 Å². The second-order valence-electron chi connectivity index (χ2n) is 3.38. The first kappa shape index (κ1) is 8.27. The van der Waals surface area contributed by atoms with Crippen molar-refractivity contribution >= 4 is 11.3 Å². The highest BCUT2D eigenvalue weighted by atomic mass is 32.1. The first-order chi connectivity index (χ1) is 5.92. The number of rotatable bonds is 2. The molecule has 0 saturated carbocycles. The molecule has 2 atom stereocenters. The van der Waals surface area contributed by atoms with Crippen LogP contribution >= 0.6 is 11.3 Å². The van der Waals surface area contributed by atoms with Gasteiger partial charge in [-0.25, -0.2) is 0 Å². The van der Waals surface area contributed by atoms with Crippen molar-refractivity contribution in [1.29, 1.82) is 0 Å². The molecule has 0 aliphatic carbocycles. The minimum absolute atomic E-state index is 0.726. The van der Waals surface area contributed by atoms with Gasteiger partial charge in [-0.15, -0.1) is 11.3 Å². The van der Waals surface area contributed by atoms with E-state index in [0.717, 1.165) is 12.0 Å². The van der Waals surface area contributed by atoms with Crippen molar-refractivity contribution in [2.24, 2.45) is 0 Å². The summed E-state index contributed by atoms with van der Waals surface area (Å²) in [5, 5.41) is 5.73. The first-order valence-corrected chi connectivity index (χ1v) is 5.56. The second kappa shape index (κ2) is 3.58. The Labute approximate surface area is 77.8 Å². The first-order valence-electron chi connectivity index (χ1n) is 4.68. The van der Waals surface area contributed by atoms with Crippen LogP contribution in [-0.2, 0) is 0 Å². The lowest BCUT2D eigenvalue weighted by Gasteiger charge is -2.15. The van der Waals surface area contributed by atoms with Gasteiger partial charge in [0.25, 0.3) is 0 Å². The average Bonchev–Trinajstić information content (AvgIpc) is 2.74. The molecule has 1 nitrogen and oxygen atoms in total. The maximum absolute atomic E-state index is 3.55. The highest BCUT2D eigenvalue weighted by Gasteiger charge is 2.26. The van der Waals surface area contributed by atoms with E-state index in [1.165, 1.54) is 19.4 Å². The Morgan fingerprint density at radius 1 is 1.67 bits per heavy atom. The Balaban J connectivity index is 2.13. The van der Waals surface area contributed by atoms with Crippen molar-refractivity contribution in [2.45, 2.75) is 31.7 Å². The number of thiophene rings is 1. The molecule has 2 unspecified atom stereocenters. The summed E-state index contributed by atoms with van der Waals surface area (Å²) >= 11 is 1.90. The van der Waals surface area contributed by atoms with E-state index in [0.29, 0.717) is 0 Å². The molecule has 1 aromatic heterocycles. The molecular formula is C10H15NS. The Hall–Kier alpha value is -0.340. The fourth-order valence-electron chi connectivity index (χ4n) is 2.04. The molecule has 0 amide bonds. The minimum Gasteiger partial charge on any atom is -0.313 e. The molecule has 1 aliphatic heterocycles. The predicted molar refractivity (Wildman–Crippen MR) is 53.8 cm³/mol. The molecule has 1 aliphatic rings. The van der Waals surface area contributed by atoms with E-state index in [2.05, 4.69) is 29.8 Å². The SMILES string of the molecule is CCC1NCCC1c1cccs1. The van der Waals surface area contributed by atoms with Gasteiger partial charge in [0.05, 0.1) is 0 Å². The average molecular weight is 181 g/mol. The quantitative estimate of drug-likeness (QED) is 0.739. The van der Waals surface area contributed by atoms with Gasteiger partial charge >= 0.3 is 0 Å². The lowest BCUT2D eigenvalue weighted by molar-refractivity contribution is 0.537. The molecule has 2 rings (SSSR count). The van der Waals surface area contributed by atoms with E-state index in [4.69, 9.17) is 0 Å². The van der Waals surface area contributed by atoms with Gasteiger partial charge in [0.15, 0.2) is 0 Å². The maximum Gasteiger partial charge on any atom is 0.0141 e.